The quantitative estimate of drug-likeness (QED) is 0.782. The average molecular weight is 271 g/mol. The summed E-state index contributed by atoms with van der Waals surface area (Å²) in [6, 6.07) is 6.47. The Morgan fingerprint density at radius 3 is 2.84 bits per heavy atom. The number of thiazole rings is 1. The van der Waals surface area contributed by atoms with Crippen molar-refractivity contribution in [3.8, 4) is 0 Å². The number of aromatic nitrogens is 2. The van der Waals surface area contributed by atoms with Crippen molar-refractivity contribution in [2.45, 2.75) is 27.3 Å². The van der Waals surface area contributed by atoms with Crippen molar-refractivity contribution in [2.75, 3.05) is 5.32 Å². The van der Waals surface area contributed by atoms with Gasteiger partial charge in [-0.3, -0.25) is 4.40 Å². The molecule has 0 aliphatic carbocycles. The van der Waals surface area contributed by atoms with Gasteiger partial charge >= 0.3 is 0 Å². The first-order chi connectivity index (χ1) is 9.15. The van der Waals surface area contributed by atoms with Gasteiger partial charge in [0, 0.05) is 17.3 Å². The van der Waals surface area contributed by atoms with Crippen molar-refractivity contribution in [1.29, 1.82) is 0 Å². The topological polar surface area (TPSA) is 29.3 Å². The van der Waals surface area contributed by atoms with Crippen molar-refractivity contribution in [2.24, 2.45) is 0 Å². The fourth-order valence-corrected chi connectivity index (χ4v) is 2.97. The highest BCUT2D eigenvalue weighted by Gasteiger charge is 2.09. The molecule has 1 N–H and O–H groups in total. The lowest BCUT2D eigenvalue weighted by Crippen LogP contribution is -2.03. The van der Waals surface area contributed by atoms with E-state index >= 15 is 0 Å². The summed E-state index contributed by atoms with van der Waals surface area (Å²) in [4.78, 5) is 5.62. The summed E-state index contributed by atoms with van der Waals surface area (Å²) in [6.45, 7) is 7.14. The van der Waals surface area contributed by atoms with Crippen LogP contribution in [-0.4, -0.2) is 9.38 Å². The number of rotatable bonds is 3. The molecule has 1 aromatic carbocycles. The molecule has 3 rings (SSSR count). The second kappa shape index (κ2) is 4.70. The van der Waals surface area contributed by atoms with Crippen LogP contribution >= 0.6 is 11.3 Å². The Balaban J connectivity index is 1.83. The minimum atomic E-state index is 0.798. The Hall–Kier alpha value is -1.81. The molecule has 4 heteroatoms. The van der Waals surface area contributed by atoms with E-state index in [9.17, 15) is 0 Å². The monoisotopic (exact) mass is 271 g/mol. The van der Waals surface area contributed by atoms with Crippen molar-refractivity contribution in [3.05, 3.63) is 52.3 Å². The normalized spacial score (nSPS) is 11.1. The maximum absolute atomic E-state index is 4.56. The zero-order valence-electron chi connectivity index (χ0n) is 11.4. The lowest BCUT2D eigenvalue weighted by molar-refractivity contribution is 0.994. The lowest BCUT2D eigenvalue weighted by Gasteiger charge is -2.09. The van der Waals surface area contributed by atoms with Crippen molar-refractivity contribution >= 4 is 22.0 Å². The SMILES string of the molecule is Cc1ccc(NCc2c(C)nc3sccn23)cc1C. The third kappa shape index (κ3) is 2.24. The molecule has 3 nitrogen and oxygen atoms in total. The predicted octanol–water partition coefficient (Wildman–Crippen LogP) is 3.93. The van der Waals surface area contributed by atoms with Gasteiger partial charge in [0.1, 0.15) is 0 Å². The molecule has 0 aliphatic rings. The van der Waals surface area contributed by atoms with E-state index in [4.69, 9.17) is 0 Å². The second-order valence-corrected chi connectivity index (χ2v) is 5.73. The highest BCUT2D eigenvalue weighted by molar-refractivity contribution is 7.15. The summed E-state index contributed by atoms with van der Waals surface area (Å²) >= 11 is 1.67. The molecule has 98 valence electrons. The first kappa shape index (κ1) is 12.2. The smallest absolute Gasteiger partial charge is 0.194 e. The van der Waals surface area contributed by atoms with Gasteiger partial charge < -0.3 is 5.32 Å². The fraction of sp³-hybridized carbons (Fsp3) is 0.267. The Morgan fingerprint density at radius 1 is 1.21 bits per heavy atom. The first-order valence-electron chi connectivity index (χ1n) is 6.37. The summed E-state index contributed by atoms with van der Waals surface area (Å²) in [6.07, 6.45) is 2.08. The molecule has 0 saturated carbocycles. The van der Waals surface area contributed by atoms with Gasteiger partial charge in [-0.05, 0) is 44.0 Å². The van der Waals surface area contributed by atoms with Crippen LogP contribution in [0.2, 0.25) is 0 Å². The first-order valence-corrected chi connectivity index (χ1v) is 7.25. The summed E-state index contributed by atoms with van der Waals surface area (Å²) < 4.78 is 2.16. The third-order valence-electron chi connectivity index (χ3n) is 3.53. The van der Waals surface area contributed by atoms with Crippen molar-refractivity contribution in [3.63, 3.8) is 0 Å². The highest BCUT2D eigenvalue weighted by atomic mass is 32.1. The van der Waals surface area contributed by atoms with Gasteiger partial charge in [-0.25, -0.2) is 4.98 Å². The Bertz CT molecular complexity index is 724. The average Bonchev–Trinajstić information content (AvgIpc) is 2.92. The maximum Gasteiger partial charge on any atom is 0.194 e. The van der Waals surface area contributed by atoms with Crippen LogP contribution in [0.1, 0.15) is 22.5 Å². The van der Waals surface area contributed by atoms with E-state index in [1.807, 2.05) is 0 Å². The maximum atomic E-state index is 4.56. The molecular weight excluding hydrogens is 254 g/mol. The molecule has 0 atom stereocenters. The van der Waals surface area contributed by atoms with Gasteiger partial charge in [-0.2, -0.15) is 0 Å². The number of nitrogens with one attached hydrogen (secondary N) is 1. The molecule has 0 spiro atoms. The number of imidazole rings is 1. The largest absolute Gasteiger partial charge is 0.379 e. The van der Waals surface area contributed by atoms with Gasteiger partial charge in [0.2, 0.25) is 0 Å². The molecule has 0 aliphatic heterocycles. The number of aryl methyl sites for hydroxylation is 3. The number of nitrogens with zero attached hydrogens (tertiary/aromatic N) is 2. The molecule has 0 bridgehead atoms. The van der Waals surface area contributed by atoms with Gasteiger partial charge in [-0.1, -0.05) is 6.07 Å². The van der Waals surface area contributed by atoms with Crippen LogP contribution in [0.25, 0.3) is 4.96 Å². The second-order valence-electron chi connectivity index (χ2n) is 4.85. The third-order valence-corrected chi connectivity index (χ3v) is 4.28. The number of hydrogen-bond acceptors (Lipinski definition) is 3. The van der Waals surface area contributed by atoms with E-state index in [-0.39, 0.29) is 0 Å². The highest BCUT2D eigenvalue weighted by Crippen LogP contribution is 2.19. The van der Waals surface area contributed by atoms with Crippen LogP contribution in [-0.2, 0) is 6.54 Å². The number of fused-ring (bicyclic) bond motifs is 1. The lowest BCUT2D eigenvalue weighted by atomic mass is 10.1. The minimum Gasteiger partial charge on any atom is -0.379 e. The summed E-state index contributed by atoms with van der Waals surface area (Å²) in [5.41, 5.74) is 6.13. The van der Waals surface area contributed by atoms with E-state index in [0.29, 0.717) is 0 Å². The van der Waals surface area contributed by atoms with Crippen molar-refractivity contribution in [1.82, 2.24) is 9.38 Å². The number of benzene rings is 1. The van der Waals surface area contributed by atoms with E-state index in [1.165, 1.54) is 16.8 Å². The molecule has 0 amide bonds. The summed E-state index contributed by atoms with van der Waals surface area (Å²) in [5.74, 6) is 0. The zero-order valence-corrected chi connectivity index (χ0v) is 12.2. The molecule has 0 unspecified atom stereocenters. The van der Waals surface area contributed by atoms with Crippen LogP contribution in [0.5, 0.6) is 0 Å². The van der Waals surface area contributed by atoms with Crippen LogP contribution < -0.4 is 5.32 Å². The Kier molecular flexibility index (Phi) is 3.03. The molecule has 19 heavy (non-hydrogen) atoms. The predicted molar refractivity (Wildman–Crippen MR) is 81.0 cm³/mol. The van der Waals surface area contributed by atoms with Gasteiger partial charge in [0.25, 0.3) is 0 Å². The standard InChI is InChI=1S/C15H17N3S/c1-10-4-5-13(8-11(10)2)16-9-14-12(3)17-15-18(14)6-7-19-15/h4-8,16H,9H2,1-3H3. The molecule has 0 radical (unpaired) electrons. The van der Waals surface area contributed by atoms with E-state index in [2.05, 4.69) is 65.2 Å². The number of hydrogen-bond donors (Lipinski definition) is 1. The van der Waals surface area contributed by atoms with Crippen LogP contribution in [0.3, 0.4) is 0 Å². The van der Waals surface area contributed by atoms with Crippen molar-refractivity contribution < 1.29 is 0 Å². The molecular formula is C15H17N3S. The van der Waals surface area contributed by atoms with E-state index in [1.54, 1.807) is 11.3 Å². The van der Waals surface area contributed by atoms with E-state index < -0.39 is 0 Å². The van der Waals surface area contributed by atoms with Crippen LogP contribution in [0, 0.1) is 20.8 Å². The molecule has 0 fully saturated rings. The van der Waals surface area contributed by atoms with Gasteiger partial charge in [-0.15, -0.1) is 11.3 Å². The molecule has 2 aromatic heterocycles. The fourth-order valence-electron chi connectivity index (χ4n) is 2.19. The zero-order chi connectivity index (χ0) is 13.4. The summed E-state index contributed by atoms with van der Waals surface area (Å²) in [7, 11) is 0. The molecule has 3 aromatic rings. The van der Waals surface area contributed by atoms with Gasteiger partial charge in [0.15, 0.2) is 4.96 Å². The van der Waals surface area contributed by atoms with E-state index in [0.717, 1.165) is 22.9 Å². The van der Waals surface area contributed by atoms with Crippen LogP contribution in [0.4, 0.5) is 5.69 Å². The molecule has 2 heterocycles. The molecule has 0 saturated heterocycles. The number of anilines is 1. The minimum absolute atomic E-state index is 0.798. The van der Waals surface area contributed by atoms with Gasteiger partial charge in [0.05, 0.1) is 17.9 Å². The summed E-state index contributed by atoms with van der Waals surface area (Å²) in [5, 5.41) is 5.55. The Morgan fingerprint density at radius 2 is 2.05 bits per heavy atom. The Labute approximate surface area is 116 Å². The van der Waals surface area contributed by atoms with Crippen LogP contribution in [0.15, 0.2) is 29.8 Å².